The Balaban J connectivity index is 1.11. The molecule has 4 nitrogen and oxygen atoms in total. The van der Waals surface area contributed by atoms with Gasteiger partial charge in [0.2, 0.25) is 0 Å². The molecule has 5 aromatic carbocycles. The lowest BCUT2D eigenvalue weighted by Gasteiger charge is -2.13. The standard InChI is InChI=1S/C41H26N4/c1-3-11-31-29(9-1)25-30-10-2-4-12-32(30)41(31)28-21-19-27(20-22-28)35-14-7-15-36(43-35)37-16-8-18-40(44-37)45-38-17-6-5-13-33(38)34-26-42-24-23-39(34)45/h1-26H. The molecule has 4 aromatic heterocycles. The van der Waals surface area contributed by atoms with Crippen molar-refractivity contribution < 1.29 is 0 Å². The van der Waals surface area contributed by atoms with Gasteiger partial charge in [-0.05, 0) is 75.1 Å². The summed E-state index contributed by atoms with van der Waals surface area (Å²) in [6, 6.07) is 51.0. The number of para-hydroxylation sites is 1. The fraction of sp³-hybridized carbons (Fsp3) is 0. The molecular weight excluding hydrogens is 548 g/mol. The molecule has 4 heterocycles. The number of benzene rings is 5. The summed E-state index contributed by atoms with van der Waals surface area (Å²) in [6.45, 7) is 0. The first-order chi connectivity index (χ1) is 22.3. The Morgan fingerprint density at radius 3 is 1.80 bits per heavy atom. The molecule has 4 heteroatoms. The normalized spacial score (nSPS) is 11.6. The van der Waals surface area contributed by atoms with Crippen molar-refractivity contribution in [1.29, 1.82) is 0 Å². The number of nitrogens with zero attached hydrogens (tertiary/aromatic N) is 4. The van der Waals surface area contributed by atoms with Crippen molar-refractivity contribution in [3.63, 3.8) is 0 Å². The Morgan fingerprint density at radius 1 is 0.422 bits per heavy atom. The predicted octanol–water partition coefficient (Wildman–Crippen LogP) is 10.3. The largest absolute Gasteiger partial charge is 0.294 e. The minimum absolute atomic E-state index is 0.827. The van der Waals surface area contributed by atoms with Crippen LogP contribution in [0.5, 0.6) is 0 Å². The first-order valence-corrected chi connectivity index (χ1v) is 15.1. The molecular formula is C41H26N4. The second-order valence-corrected chi connectivity index (χ2v) is 11.3. The van der Waals surface area contributed by atoms with Crippen LogP contribution in [0, 0.1) is 0 Å². The van der Waals surface area contributed by atoms with Crippen LogP contribution in [0.4, 0.5) is 0 Å². The van der Waals surface area contributed by atoms with Gasteiger partial charge in [0.1, 0.15) is 5.82 Å². The van der Waals surface area contributed by atoms with Gasteiger partial charge < -0.3 is 0 Å². The summed E-state index contributed by atoms with van der Waals surface area (Å²) in [5.41, 5.74) is 8.28. The summed E-state index contributed by atoms with van der Waals surface area (Å²) in [7, 11) is 0. The molecule has 9 rings (SSSR count). The maximum Gasteiger partial charge on any atom is 0.138 e. The maximum absolute atomic E-state index is 5.11. The maximum atomic E-state index is 5.11. The highest BCUT2D eigenvalue weighted by molar-refractivity contribution is 6.12. The zero-order valence-corrected chi connectivity index (χ0v) is 24.3. The van der Waals surface area contributed by atoms with E-state index in [4.69, 9.17) is 9.97 Å². The topological polar surface area (TPSA) is 43.6 Å². The van der Waals surface area contributed by atoms with Gasteiger partial charge in [0.15, 0.2) is 0 Å². The van der Waals surface area contributed by atoms with E-state index in [1.165, 1.54) is 32.7 Å². The molecule has 0 aliphatic heterocycles. The zero-order valence-electron chi connectivity index (χ0n) is 24.3. The Hall–Kier alpha value is -6.13. The lowest BCUT2D eigenvalue weighted by molar-refractivity contribution is 1.08. The summed E-state index contributed by atoms with van der Waals surface area (Å²) >= 11 is 0. The molecule has 0 N–H and O–H groups in total. The molecule has 0 aliphatic rings. The van der Waals surface area contributed by atoms with E-state index < -0.39 is 0 Å². The van der Waals surface area contributed by atoms with Gasteiger partial charge in [-0.1, -0.05) is 103 Å². The van der Waals surface area contributed by atoms with Gasteiger partial charge in [-0.3, -0.25) is 9.55 Å². The molecule has 0 bridgehead atoms. The van der Waals surface area contributed by atoms with Crippen molar-refractivity contribution in [3.8, 4) is 39.6 Å². The van der Waals surface area contributed by atoms with E-state index >= 15 is 0 Å². The van der Waals surface area contributed by atoms with E-state index in [0.717, 1.165) is 50.3 Å². The third kappa shape index (κ3) is 4.19. The number of hydrogen-bond donors (Lipinski definition) is 0. The molecule has 0 fully saturated rings. The van der Waals surface area contributed by atoms with Crippen LogP contribution in [-0.2, 0) is 0 Å². The fourth-order valence-corrected chi connectivity index (χ4v) is 6.62. The van der Waals surface area contributed by atoms with Gasteiger partial charge in [-0.15, -0.1) is 0 Å². The van der Waals surface area contributed by atoms with E-state index in [2.05, 4.69) is 137 Å². The molecule has 9 aromatic rings. The van der Waals surface area contributed by atoms with Crippen molar-refractivity contribution in [2.75, 3.05) is 0 Å². The van der Waals surface area contributed by atoms with Gasteiger partial charge in [0.25, 0.3) is 0 Å². The highest BCUT2D eigenvalue weighted by atomic mass is 15.1. The Labute approximate surface area is 259 Å². The lowest BCUT2D eigenvalue weighted by Crippen LogP contribution is -1.99. The van der Waals surface area contributed by atoms with E-state index in [9.17, 15) is 0 Å². The van der Waals surface area contributed by atoms with Crippen LogP contribution in [0.3, 0.4) is 0 Å². The lowest BCUT2D eigenvalue weighted by atomic mass is 9.91. The second kappa shape index (κ2) is 10.2. The molecule has 0 spiro atoms. The van der Waals surface area contributed by atoms with Crippen LogP contribution in [0.15, 0.2) is 158 Å². The van der Waals surface area contributed by atoms with E-state index in [1.54, 1.807) is 0 Å². The smallest absolute Gasteiger partial charge is 0.138 e. The minimum Gasteiger partial charge on any atom is -0.294 e. The van der Waals surface area contributed by atoms with Crippen molar-refractivity contribution >= 4 is 43.4 Å². The minimum atomic E-state index is 0.827. The predicted molar refractivity (Wildman–Crippen MR) is 185 cm³/mol. The average Bonchev–Trinajstić information content (AvgIpc) is 3.45. The van der Waals surface area contributed by atoms with Crippen molar-refractivity contribution in [2.24, 2.45) is 0 Å². The molecule has 0 saturated carbocycles. The monoisotopic (exact) mass is 574 g/mol. The first kappa shape index (κ1) is 25.4. The molecule has 0 radical (unpaired) electrons. The van der Waals surface area contributed by atoms with Gasteiger partial charge in [0.05, 0.1) is 28.1 Å². The van der Waals surface area contributed by atoms with Crippen LogP contribution in [0.1, 0.15) is 0 Å². The summed E-state index contributed by atoms with van der Waals surface area (Å²) in [5, 5.41) is 7.28. The van der Waals surface area contributed by atoms with E-state index in [0.29, 0.717) is 0 Å². The summed E-state index contributed by atoms with van der Waals surface area (Å²) < 4.78 is 2.20. The molecule has 210 valence electrons. The van der Waals surface area contributed by atoms with Crippen LogP contribution in [-0.4, -0.2) is 19.5 Å². The molecule has 0 aliphatic carbocycles. The van der Waals surface area contributed by atoms with Crippen molar-refractivity contribution in [1.82, 2.24) is 19.5 Å². The Kier molecular flexibility index (Phi) is 5.78. The highest BCUT2D eigenvalue weighted by Crippen LogP contribution is 2.37. The Bertz CT molecular complexity index is 2440. The van der Waals surface area contributed by atoms with Crippen LogP contribution < -0.4 is 0 Å². The van der Waals surface area contributed by atoms with Crippen LogP contribution in [0.25, 0.3) is 82.9 Å². The summed E-state index contributed by atoms with van der Waals surface area (Å²) in [5.74, 6) is 0.851. The van der Waals surface area contributed by atoms with Gasteiger partial charge >= 0.3 is 0 Å². The van der Waals surface area contributed by atoms with Gasteiger partial charge in [0, 0.05) is 28.7 Å². The third-order valence-electron chi connectivity index (χ3n) is 8.69. The highest BCUT2D eigenvalue weighted by Gasteiger charge is 2.14. The summed E-state index contributed by atoms with van der Waals surface area (Å²) in [6.07, 6.45) is 3.76. The number of rotatable bonds is 4. The number of pyridine rings is 3. The fourth-order valence-electron chi connectivity index (χ4n) is 6.62. The number of fused-ring (bicyclic) bond motifs is 5. The number of hydrogen-bond acceptors (Lipinski definition) is 3. The zero-order chi connectivity index (χ0) is 29.7. The SMILES string of the molecule is c1cc(-c2ccc(-c3c4ccccc4cc4ccccc34)cc2)nc(-c2cccc(-n3c4ccccc4c4cnccc43)n2)c1. The third-order valence-corrected chi connectivity index (χ3v) is 8.69. The molecule has 45 heavy (non-hydrogen) atoms. The van der Waals surface area contributed by atoms with E-state index in [1.807, 2.05) is 30.6 Å². The molecule has 0 amide bonds. The summed E-state index contributed by atoms with van der Waals surface area (Å²) in [4.78, 5) is 14.6. The number of aromatic nitrogens is 4. The van der Waals surface area contributed by atoms with Crippen LogP contribution >= 0.6 is 0 Å². The van der Waals surface area contributed by atoms with Crippen molar-refractivity contribution in [2.45, 2.75) is 0 Å². The molecule has 0 saturated heterocycles. The van der Waals surface area contributed by atoms with Crippen LogP contribution in [0.2, 0.25) is 0 Å². The average molecular weight is 575 g/mol. The van der Waals surface area contributed by atoms with Gasteiger partial charge in [-0.2, -0.15) is 0 Å². The van der Waals surface area contributed by atoms with E-state index in [-0.39, 0.29) is 0 Å². The van der Waals surface area contributed by atoms with Crippen molar-refractivity contribution in [3.05, 3.63) is 158 Å². The Morgan fingerprint density at radius 2 is 1.02 bits per heavy atom. The quantitative estimate of drug-likeness (QED) is 0.196. The molecule has 0 atom stereocenters. The second-order valence-electron chi connectivity index (χ2n) is 11.3. The molecule has 0 unspecified atom stereocenters. The van der Waals surface area contributed by atoms with Gasteiger partial charge in [-0.25, -0.2) is 9.97 Å². The first-order valence-electron chi connectivity index (χ1n) is 15.1.